The molecule has 0 unspecified atom stereocenters. The van der Waals surface area contributed by atoms with Crippen molar-refractivity contribution < 1.29 is 9.66 Å². The third kappa shape index (κ3) is 2.26. The Morgan fingerprint density at radius 2 is 2.13 bits per heavy atom. The Kier molecular flexibility index (Phi) is 3.66. The Bertz CT molecular complexity index is 374. The van der Waals surface area contributed by atoms with Crippen LogP contribution in [0.3, 0.4) is 0 Å². The lowest BCUT2D eigenvalue weighted by molar-refractivity contribution is -0.386. The van der Waals surface area contributed by atoms with Crippen molar-refractivity contribution in [2.45, 2.75) is 26.7 Å². The second-order valence-electron chi connectivity index (χ2n) is 3.42. The minimum Gasteiger partial charge on any atom is -0.496 e. The number of nitro benzene ring substituents is 1. The highest BCUT2D eigenvalue weighted by Crippen LogP contribution is 2.32. The summed E-state index contributed by atoms with van der Waals surface area (Å²) in [7, 11) is 1.54. The molecular weight excluding hydrogens is 194 g/mol. The van der Waals surface area contributed by atoms with Gasteiger partial charge in [-0.25, -0.2) is 0 Å². The summed E-state index contributed by atoms with van der Waals surface area (Å²) in [5, 5.41) is 10.9. The molecule has 1 aromatic carbocycles. The molecule has 1 rings (SSSR count). The first-order valence-corrected chi connectivity index (χ1v) is 4.92. The number of aryl methyl sites for hydroxylation is 1. The van der Waals surface area contributed by atoms with E-state index in [1.165, 1.54) is 7.11 Å². The lowest BCUT2D eigenvalue weighted by atomic mass is 10.0. The fraction of sp³-hybridized carbons (Fsp3) is 0.455. The van der Waals surface area contributed by atoms with Crippen LogP contribution in [0.4, 0.5) is 5.69 Å². The molecule has 1 aromatic rings. The number of methoxy groups -OCH3 is 1. The minimum atomic E-state index is -0.331. The van der Waals surface area contributed by atoms with Crippen molar-refractivity contribution in [1.29, 1.82) is 0 Å². The van der Waals surface area contributed by atoms with Crippen molar-refractivity contribution in [3.05, 3.63) is 33.4 Å². The molecule has 0 radical (unpaired) electrons. The van der Waals surface area contributed by atoms with Crippen molar-refractivity contribution in [2.75, 3.05) is 7.11 Å². The van der Waals surface area contributed by atoms with Crippen LogP contribution in [0.1, 0.15) is 24.5 Å². The fourth-order valence-electron chi connectivity index (χ4n) is 1.67. The van der Waals surface area contributed by atoms with Gasteiger partial charge in [-0.15, -0.1) is 0 Å². The van der Waals surface area contributed by atoms with Gasteiger partial charge in [-0.3, -0.25) is 10.1 Å². The fourth-order valence-corrected chi connectivity index (χ4v) is 1.67. The van der Waals surface area contributed by atoms with E-state index in [1.807, 2.05) is 6.92 Å². The number of ether oxygens (including phenoxy) is 1. The summed E-state index contributed by atoms with van der Waals surface area (Å²) in [4.78, 5) is 10.6. The van der Waals surface area contributed by atoms with Gasteiger partial charge in [0.05, 0.1) is 17.6 Å². The zero-order chi connectivity index (χ0) is 11.4. The topological polar surface area (TPSA) is 52.4 Å². The van der Waals surface area contributed by atoms with E-state index in [2.05, 4.69) is 0 Å². The quantitative estimate of drug-likeness (QED) is 0.566. The molecule has 0 spiro atoms. The summed E-state index contributed by atoms with van der Waals surface area (Å²) < 4.78 is 5.14. The molecule has 0 heterocycles. The number of hydrogen-bond donors (Lipinski definition) is 0. The van der Waals surface area contributed by atoms with Gasteiger partial charge < -0.3 is 4.74 Å². The second-order valence-corrected chi connectivity index (χ2v) is 3.42. The van der Waals surface area contributed by atoms with Gasteiger partial charge in [-0.1, -0.05) is 13.3 Å². The number of rotatable bonds is 4. The van der Waals surface area contributed by atoms with Crippen molar-refractivity contribution in [1.82, 2.24) is 0 Å². The highest BCUT2D eigenvalue weighted by Gasteiger charge is 2.20. The summed E-state index contributed by atoms with van der Waals surface area (Å²) in [6.07, 6.45) is 1.53. The summed E-state index contributed by atoms with van der Waals surface area (Å²) >= 11 is 0. The Balaban J connectivity index is 3.36. The average molecular weight is 209 g/mol. The highest BCUT2D eigenvalue weighted by molar-refractivity contribution is 5.54. The van der Waals surface area contributed by atoms with Gasteiger partial charge in [-0.05, 0) is 25.5 Å². The summed E-state index contributed by atoms with van der Waals surface area (Å²) in [5.74, 6) is 0.606. The third-order valence-corrected chi connectivity index (χ3v) is 2.34. The van der Waals surface area contributed by atoms with Crippen LogP contribution in [-0.4, -0.2) is 12.0 Å². The Morgan fingerprint density at radius 1 is 1.47 bits per heavy atom. The van der Waals surface area contributed by atoms with Gasteiger partial charge >= 0.3 is 0 Å². The molecule has 82 valence electrons. The molecule has 0 saturated heterocycles. The van der Waals surface area contributed by atoms with E-state index >= 15 is 0 Å². The molecule has 4 heteroatoms. The van der Waals surface area contributed by atoms with Crippen LogP contribution in [-0.2, 0) is 6.42 Å². The predicted molar refractivity (Wildman–Crippen MR) is 58.4 cm³/mol. The molecule has 0 aliphatic rings. The monoisotopic (exact) mass is 209 g/mol. The molecule has 0 atom stereocenters. The third-order valence-electron chi connectivity index (χ3n) is 2.34. The molecule has 4 nitrogen and oxygen atoms in total. The second kappa shape index (κ2) is 4.77. The summed E-state index contributed by atoms with van der Waals surface area (Å²) in [5.41, 5.74) is 1.57. The van der Waals surface area contributed by atoms with Gasteiger partial charge in [0.2, 0.25) is 0 Å². The number of nitro groups is 1. The normalized spacial score (nSPS) is 10.1. The van der Waals surface area contributed by atoms with Gasteiger partial charge in [-0.2, -0.15) is 0 Å². The van der Waals surface area contributed by atoms with Crippen LogP contribution in [0.2, 0.25) is 0 Å². The van der Waals surface area contributed by atoms with Gasteiger partial charge in [0, 0.05) is 5.56 Å². The molecule has 0 bridgehead atoms. The first kappa shape index (κ1) is 11.5. The van der Waals surface area contributed by atoms with E-state index in [1.54, 1.807) is 19.1 Å². The Labute approximate surface area is 89.0 Å². The van der Waals surface area contributed by atoms with Gasteiger partial charge in [0.25, 0.3) is 5.69 Å². The maximum Gasteiger partial charge on any atom is 0.279 e. The molecule has 0 aromatic heterocycles. The zero-order valence-electron chi connectivity index (χ0n) is 9.24. The molecular formula is C11H15NO3. The largest absolute Gasteiger partial charge is 0.496 e. The molecule has 0 fully saturated rings. The van der Waals surface area contributed by atoms with Crippen LogP contribution in [0.5, 0.6) is 5.75 Å². The number of hydrogen-bond acceptors (Lipinski definition) is 3. The molecule has 15 heavy (non-hydrogen) atoms. The minimum absolute atomic E-state index is 0.191. The van der Waals surface area contributed by atoms with Crippen molar-refractivity contribution in [3.8, 4) is 5.75 Å². The van der Waals surface area contributed by atoms with Gasteiger partial charge in [0.15, 0.2) is 0 Å². The summed E-state index contributed by atoms with van der Waals surface area (Å²) in [6.45, 7) is 3.74. The van der Waals surface area contributed by atoms with Crippen LogP contribution in [0, 0.1) is 17.0 Å². The Morgan fingerprint density at radius 3 is 2.60 bits per heavy atom. The number of benzene rings is 1. The van der Waals surface area contributed by atoms with Crippen LogP contribution in [0.25, 0.3) is 0 Å². The van der Waals surface area contributed by atoms with Crippen LogP contribution in [0.15, 0.2) is 12.1 Å². The highest BCUT2D eigenvalue weighted by atomic mass is 16.6. The lowest BCUT2D eigenvalue weighted by Crippen LogP contribution is -2.01. The van der Waals surface area contributed by atoms with Crippen LogP contribution >= 0.6 is 0 Å². The van der Waals surface area contributed by atoms with E-state index in [0.29, 0.717) is 23.3 Å². The van der Waals surface area contributed by atoms with Crippen molar-refractivity contribution in [3.63, 3.8) is 0 Å². The molecule has 0 saturated carbocycles. The molecule has 0 aliphatic heterocycles. The molecule has 0 aliphatic carbocycles. The maximum atomic E-state index is 10.9. The maximum absolute atomic E-state index is 10.9. The first-order chi connectivity index (χ1) is 7.11. The average Bonchev–Trinajstić information content (AvgIpc) is 2.18. The smallest absolute Gasteiger partial charge is 0.279 e. The SMILES string of the molecule is CCCc1c(OC)ccc(C)c1[N+](=O)[O-]. The van der Waals surface area contributed by atoms with Crippen molar-refractivity contribution >= 4 is 5.69 Å². The summed E-state index contributed by atoms with van der Waals surface area (Å²) in [6, 6.07) is 3.50. The predicted octanol–water partition coefficient (Wildman–Crippen LogP) is 2.86. The van der Waals surface area contributed by atoms with E-state index < -0.39 is 0 Å². The molecule has 0 N–H and O–H groups in total. The standard InChI is InChI=1S/C11H15NO3/c1-4-5-9-10(15-3)7-6-8(2)11(9)12(13)14/h6-7H,4-5H2,1-3H3. The van der Waals surface area contributed by atoms with Crippen LogP contribution < -0.4 is 4.74 Å². The zero-order valence-corrected chi connectivity index (χ0v) is 9.24. The van der Waals surface area contributed by atoms with E-state index in [4.69, 9.17) is 4.74 Å². The van der Waals surface area contributed by atoms with E-state index in [0.717, 1.165) is 6.42 Å². The Hall–Kier alpha value is -1.58. The lowest BCUT2D eigenvalue weighted by Gasteiger charge is -2.09. The van der Waals surface area contributed by atoms with Crippen molar-refractivity contribution in [2.24, 2.45) is 0 Å². The van der Waals surface area contributed by atoms with E-state index in [-0.39, 0.29) is 10.6 Å². The first-order valence-electron chi connectivity index (χ1n) is 4.92. The number of nitrogens with zero attached hydrogens (tertiary/aromatic N) is 1. The molecule has 0 amide bonds. The van der Waals surface area contributed by atoms with Gasteiger partial charge in [0.1, 0.15) is 5.75 Å². The van der Waals surface area contributed by atoms with E-state index in [9.17, 15) is 10.1 Å².